The van der Waals surface area contributed by atoms with Crippen LogP contribution in [0.5, 0.6) is 5.75 Å². The van der Waals surface area contributed by atoms with E-state index >= 15 is 4.39 Å². The number of methoxy groups -OCH3 is 1. The molecular formula is C21H28FN4O7P. The molecule has 1 aliphatic heterocycles. The molecule has 0 radical (unpaired) electrons. The second-order valence-corrected chi connectivity index (χ2v) is 9.57. The van der Waals surface area contributed by atoms with Crippen LogP contribution < -0.4 is 21.0 Å². The van der Waals surface area contributed by atoms with E-state index in [-0.39, 0.29) is 11.6 Å². The highest BCUT2D eigenvalue weighted by Crippen LogP contribution is 2.48. The molecule has 0 amide bonds. The zero-order valence-electron chi connectivity index (χ0n) is 19.2. The van der Waals surface area contributed by atoms with E-state index in [2.05, 4.69) is 14.8 Å². The Labute approximate surface area is 195 Å². The van der Waals surface area contributed by atoms with Crippen molar-refractivity contribution in [2.24, 2.45) is 5.92 Å². The predicted octanol–water partition coefficient (Wildman–Crippen LogP) is 2.44. The smallest absolute Gasteiger partial charge is 0.459 e. The number of alkyl halides is 1. The summed E-state index contributed by atoms with van der Waals surface area (Å²) in [4.78, 5) is 27.7. The van der Waals surface area contributed by atoms with Crippen molar-refractivity contribution in [3.8, 4) is 5.75 Å². The first-order chi connectivity index (χ1) is 16.0. The first kappa shape index (κ1) is 25.8. The fourth-order valence-electron chi connectivity index (χ4n) is 3.62. The topological polar surface area (TPSA) is 144 Å². The van der Waals surface area contributed by atoms with Gasteiger partial charge in [0.25, 0.3) is 0 Å². The summed E-state index contributed by atoms with van der Waals surface area (Å²) in [6, 6.07) is 8.54. The summed E-state index contributed by atoms with van der Waals surface area (Å²) in [5, 5.41) is 2.54. The molecule has 34 heavy (non-hydrogen) atoms. The molecule has 1 saturated heterocycles. The Morgan fingerprint density at radius 2 is 1.97 bits per heavy atom. The maximum Gasteiger partial charge on any atom is 0.459 e. The van der Waals surface area contributed by atoms with Gasteiger partial charge in [0.15, 0.2) is 12.4 Å². The third-order valence-corrected chi connectivity index (χ3v) is 7.12. The standard InChI is InChI=1S/C21H28FN4O7P/c1-12-17(22)19(26-11-10-16(23)24-21(26)28)31-18(12)14(3)32-34(29,25-13(2)20(27)30-4)33-15-8-6-5-7-9-15/h5-14,17-19H,1-4H3,(H,25,29)(H2,23,24,28)/t12?,13?,14?,17?,18-,19+,34?/m0/s1. The van der Waals surface area contributed by atoms with Crippen LogP contribution in [0.25, 0.3) is 0 Å². The molecule has 1 aromatic heterocycles. The van der Waals surface area contributed by atoms with Crippen LogP contribution >= 0.6 is 7.75 Å². The summed E-state index contributed by atoms with van der Waals surface area (Å²) >= 11 is 0. The van der Waals surface area contributed by atoms with Gasteiger partial charge in [-0.25, -0.2) is 13.8 Å². The summed E-state index contributed by atoms with van der Waals surface area (Å²) < 4.78 is 51.6. The van der Waals surface area contributed by atoms with Gasteiger partial charge in [-0.2, -0.15) is 10.1 Å². The number of esters is 1. The van der Waals surface area contributed by atoms with Gasteiger partial charge in [-0.15, -0.1) is 0 Å². The number of anilines is 1. The van der Waals surface area contributed by atoms with E-state index in [4.69, 9.17) is 19.5 Å². The Morgan fingerprint density at radius 1 is 1.29 bits per heavy atom. The SMILES string of the molecule is COC(=O)C(C)NP(=O)(Oc1ccccc1)OC(C)[C@H]1O[C@@H](n2ccc(N)nc2=O)C(F)C1C. The fraction of sp³-hybridized carbons (Fsp3) is 0.476. The Hall–Kier alpha value is -2.79. The fourth-order valence-corrected chi connectivity index (χ4v) is 5.31. The third kappa shape index (κ3) is 5.82. The molecule has 2 heterocycles. The second-order valence-electron chi connectivity index (χ2n) is 7.92. The molecule has 186 valence electrons. The minimum absolute atomic E-state index is 0.000699. The largest absolute Gasteiger partial charge is 0.468 e. The molecule has 0 saturated carbocycles. The van der Waals surface area contributed by atoms with E-state index in [9.17, 15) is 14.2 Å². The van der Waals surface area contributed by atoms with Gasteiger partial charge in [0.2, 0.25) is 0 Å². The Morgan fingerprint density at radius 3 is 2.59 bits per heavy atom. The van der Waals surface area contributed by atoms with Crippen LogP contribution in [0.1, 0.15) is 27.0 Å². The third-order valence-electron chi connectivity index (χ3n) is 5.36. The number of carbonyl (C=O) groups is 1. The maximum absolute atomic E-state index is 15.1. The van der Waals surface area contributed by atoms with Crippen LogP contribution in [0.4, 0.5) is 10.2 Å². The monoisotopic (exact) mass is 498 g/mol. The number of benzene rings is 1. The van der Waals surface area contributed by atoms with Gasteiger partial charge in [-0.05, 0) is 32.0 Å². The molecule has 3 N–H and O–H groups in total. The van der Waals surface area contributed by atoms with Crippen LogP contribution in [0.15, 0.2) is 47.4 Å². The van der Waals surface area contributed by atoms with Crippen LogP contribution in [-0.4, -0.2) is 47.1 Å². The lowest BCUT2D eigenvalue weighted by Crippen LogP contribution is -2.38. The molecule has 1 aromatic carbocycles. The number of aromatic nitrogens is 2. The van der Waals surface area contributed by atoms with Gasteiger partial charge in [-0.3, -0.25) is 13.9 Å². The normalized spacial score (nSPS) is 25.8. The van der Waals surface area contributed by atoms with Gasteiger partial charge >= 0.3 is 19.4 Å². The van der Waals surface area contributed by atoms with Crippen LogP contribution in [0.3, 0.4) is 0 Å². The van der Waals surface area contributed by atoms with Crippen molar-refractivity contribution in [2.45, 2.75) is 51.4 Å². The van der Waals surface area contributed by atoms with Crippen LogP contribution in [0, 0.1) is 5.92 Å². The number of carbonyl (C=O) groups excluding carboxylic acids is 1. The average Bonchev–Trinajstić information content (AvgIpc) is 3.08. The highest BCUT2D eigenvalue weighted by molar-refractivity contribution is 7.52. The number of rotatable bonds is 9. The number of para-hydroxylation sites is 1. The summed E-state index contributed by atoms with van der Waals surface area (Å²) in [5.74, 6) is -1.20. The molecular weight excluding hydrogens is 470 g/mol. The van der Waals surface area contributed by atoms with Crippen molar-refractivity contribution in [3.63, 3.8) is 0 Å². The maximum atomic E-state index is 15.1. The van der Waals surface area contributed by atoms with Crippen LogP contribution in [-0.2, 0) is 23.4 Å². The lowest BCUT2D eigenvalue weighted by atomic mass is 9.98. The lowest BCUT2D eigenvalue weighted by molar-refractivity contribution is -0.142. The molecule has 0 aliphatic carbocycles. The lowest BCUT2D eigenvalue weighted by Gasteiger charge is -2.29. The second kappa shape index (κ2) is 10.6. The number of nitrogens with two attached hydrogens (primary N) is 1. The Bertz CT molecular complexity index is 1100. The molecule has 11 nitrogen and oxygen atoms in total. The van der Waals surface area contributed by atoms with E-state index in [1.54, 1.807) is 37.3 Å². The molecule has 2 aromatic rings. The average molecular weight is 498 g/mol. The summed E-state index contributed by atoms with van der Waals surface area (Å²) in [6.45, 7) is 4.55. The van der Waals surface area contributed by atoms with E-state index in [1.165, 1.54) is 33.2 Å². The summed E-state index contributed by atoms with van der Waals surface area (Å²) in [6.07, 6.45) is -3.44. The highest BCUT2D eigenvalue weighted by atomic mass is 31.2. The van der Waals surface area contributed by atoms with Gasteiger partial charge in [0.05, 0.1) is 19.3 Å². The van der Waals surface area contributed by atoms with E-state index in [1.807, 2.05) is 0 Å². The molecule has 5 unspecified atom stereocenters. The minimum Gasteiger partial charge on any atom is -0.468 e. The summed E-state index contributed by atoms with van der Waals surface area (Å²) in [7, 11) is -2.99. The highest BCUT2D eigenvalue weighted by Gasteiger charge is 2.48. The van der Waals surface area contributed by atoms with E-state index < -0.39 is 56.0 Å². The van der Waals surface area contributed by atoms with Gasteiger partial charge in [0, 0.05) is 12.1 Å². The summed E-state index contributed by atoms with van der Waals surface area (Å²) in [5.41, 5.74) is 4.74. The van der Waals surface area contributed by atoms with Crippen molar-refractivity contribution in [3.05, 3.63) is 53.1 Å². The molecule has 1 aliphatic rings. The first-order valence-electron chi connectivity index (χ1n) is 10.6. The quantitative estimate of drug-likeness (QED) is 0.391. The van der Waals surface area contributed by atoms with Crippen molar-refractivity contribution < 1.29 is 32.3 Å². The zero-order valence-corrected chi connectivity index (χ0v) is 20.1. The molecule has 3 rings (SSSR count). The van der Waals surface area contributed by atoms with Crippen molar-refractivity contribution in [2.75, 3.05) is 12.8 Å². The van der Waals surface area contributed by atoms with Crippen LogP contribution in [0.2, 0.25) is 0 Å². The Balaban J connectivity index is 1.82. The van der Waals surface area contributed by atoms with Crippen molar-refractivity contribution >= 4 is 19.5 Å². The van der Waals surface area contributed by atoms with E-state index in [0.717, 1.165) is 4.57 Å². The zero-order chi connectivity index (χ0) is 25.0. The molecule has 1 fully saturated rings. The molecule has 0 bridgehead atoms. The molecule has 0 spiro atoms. The van der Waals surface area contributed by atoms with Gasteiger partial charge < -0.3 is 19.7 Å². The predicted molar refractivity (Wildman–Crippen MR) is 121 cm³/mol. The minimum atomic E-state index is -4.18. The van der Waals surface area contributed by atoms with Gasteiger partial charge in [0.1, 0.15) is 17.6 Å². The van der Waals surface area contributed by atoms with Gasteiger partial charge in [-0.1, -0.05) is 25.1 Å². The number of ether oxygens (including phenoxy) is 2. The number of nitrogens with one attached hydrogen (secondary N) is 1. The number of nitrogen functional groups attached to an aromatic ring is 1. The Kier molecular flexibility index (Phi) is 8.09. The molecule has 7 atom stereocenters. The first-order valence-corrected chi connectivity index (χ1v) is 12.1. The molecule has 13 heteroatoms. The number of nitrogens with zero attached hydrogens (tertiary/aromatic N) is 2. The number of halogens is 1. The number of hydrogen-bond donors (Lipinski definition) is 2. The van der Waals surface area contributed by atoms with Crippen molar-refractivity contribution in [1.29, 1.82) is 0 Å². The van der Waals surface area contributed by atoms with E-state index in [0.29, 0.717) is 0 Å². The van der Waals surface area contributed by atoms with Crippen molar-refractivity contribution in [1.82, 2.24) is 14.6 Å². The number of hydrogen-bond acceptors (Lipinski definition) is 9.